The van der Waals surface area contributed by atoms with E-state index in [1.165, 1.54) is 4.88 Å². The standard InChI is InChI=1S/C15H23NO3S/c1-11(2)15(13-4-3-9-20-13)16-7-5-12(6-8-16)19-10-14(17)18/h3-4,9,11-12,15H,5-8,10H2,1-2H3,(H,17,18). The first-order valence-corrected chi connectivity index (χ1v) is 8.06. The van der Waals surface area contributed by atoms with Gasteiger partial charge >= 0.3 is 5.97 Å². The molecule has 1 fully saturated rings. The quantitative estimate of drug-likeness (QED) is 0.877. The number of piperidine rings is 1. The van der Waals surface area contributed by atoms with E-state index in [1.807, 2.05) is 11.3 Å². The Bertz CT molecular complexity index is 411. The fraction of sp³-hybridized carbons (Fsp3) is 0.667. The summed E-state index contributed by atoms with van der Waals surface area (Å²) in [4.78, 5) is 14.5. The average molecular weight is 297 g/mol. The molecule has 1 aliphatic rings. The second-order valence-electron chi connectivity index (χ2n) is 5.64. The van der Waals surface area contributed by atoms with Gasteiger partial charge in [0.05, 0.1) is 6.10 Å². The Hall–Kier alpha value is -0.910. The van der Waals surface area contributed by atoms with Crippen molar-refractivity contribution in [3.8, 4) is 0 Å². The summed E-state index contributed by atoms with van der Waals surface area (Å²) in [5.74, 6) is -0.309. The molecule has 1 atom stereocenters. The summed E-state index contributed by atoms with van der Waals surface area (Å²) in [5, 5.41) is 10.8. The molecule has 1 aromatic rings. The van der Waals surface area contributed by atoms with Gasteiger partial charge in [-0.2, -0.15) is 0 Å². The van der Waals surface area contributed by atoms with Crippen molar-refractivity contribution in [2.24, 2.45) is 5.92 Å². The Balaban J connectivity index is 1.89. The molecule has 0 amide bonds. The number of rotatable bonds is 6. The number of carboxylic acids is 1. The SMILES string of the molecule is CC(C)C(c1cccs1)N1CCC(OCC(=O)O)CC1. The molecule has 112 valence electrons. The smallest absolute Gasteiger partial charge is 0.329 e. The first-order chi connectivity index (χ1) is 9.58. The third-order valence-corrected chi connectivity index (χ3v) is 4.72. The fourth-order valence-corrected chi connectivity index (χ4v) is 3.93. The molecule has 0 saturated carbocycles. The van der Waals surface area contributed by atoms with E-state index in [9.17, 15) is 4.79 Å². The van der Waals surface area contributed by atoms with Crippen LogP contribution in [0.15, 0.2) is 17.5 Å². The Morgan fingerprint density at radius 1 is 1.50 bits per heavy atom. The first kappa shape index (κ1) is 15.5. The molecule has 0 bridgehead atoms. The van der Waals surface area contributed by atoms with Gasteiger partial charge in [-0.15, -0.1) is 11.3 Å². The molecule has 4 nitrogen and oxygen atoms in total. The highest BCUT2D eigenvalue weighted by Gasteiger charge is 2.29. The largest absolute Gasteiger partial charge is 0.480 e. The zero-order chi connectivity index (χ0) is 14.5. The molecule has 1 N–H and O–H groups in total. The lowest BCUT2D eigenvalue weighted by atomic mass is 9.97. The van der Waals surface area contributed by atoms with Gasteiger partial charge < -0.3 is 9.84 Å². The molecule has 2 heterocycles. The lowest BCUT2D eigenvalue weighted by Crippen LogP contribution is -2.41. The van der Waals surface area contributed by atoms with E-state index in [2.05, 4.69) is 36.3 Å². The van der Waals surface area contributed by atoms with E-state index < -0.39 is 5.97 Å². The Labute approximate surface area is 124 Å². The summed E-state index contributed by atoms with van der Waals surface area (Å²) < 4.78 is 5.40. The van der Waals surface area contributed by atoms with Crippen LogP contribution >= 0.6 is 11.3 Å². The predicted octanol–water partition coefficient (Wildman–Crippen LogP) is 3.01. The zero-order valence-electron chi connectivity index (χ0n) is 12.1. The van der Waals surface area contributed by atoms with Crippen LogP contribution in [0.3, 0.4) is 0 Å². The Morgan fingerprint density at radius 2 is 2.20 bits per heavy atom. The van der Waals surface area contributed by atoms with E-state index in [0.717, 1.165) is 25.9 Å². The van der Waals surface area contributed by atoms with Crippen LogP contribution in [-0.4, -0.2) is 41.8 Å². The highest BCUT2D eigenvalue weighted by Crippen LogP contribution is 2.33. The third kappa shape index (κ3) is 4.04. The van der Waals surface area contributed by atoms with Gasteiger partial charge in [0.2, 0.25) is 0 Å². The van der Waals surface area contributed by atoms with Crippen molar-refractivity contribution in [1.29, 1.82) is 0 Å². The van der Waals surface area contributed by atoms with Crippen molar-refractivity contribution in [3.63, 3.8) is 0 Å². The van der Waals surface area contributed by atoms with Crippen molar-refractivity contribution in [2.45, 2.75) is 38.8 Å². The van der Waals surface area contributed by atoms with Gasteiger partial charge in [0, 0.05) is 24.0 Å². The van der Waals surface area contributed by atoms with Gasteiger partial charge in [0.15, 0.2) is 0 Å². The van der Waals surface area contributed by atoms with Gasteiger partial charge in [0.25, 0.3) is 0 Å². The summed E-state index contributed by atoms with van der Waals surface area (Å²) >= 11 is 1.82. The molecular weight excluding hydrogens is 274 g/mol. The molecule has 0 spiro atoms. The molecule has 0 aromatic carbocycles. The number of carboxylic acid groups (broad SMARTS) is 1. The van der Waals surface area contributed by atoms with Crippen LogP contribution in [0.2, 0.25) is 0 Å². The number of ether oxygens (including phenoxy) is 1. The number of nitrogens with zero attached hydrogens (tertiary/aromatic N) is 1. The van der Waals surface area contributed by atoms with Gasteiger partial charge in [-0.05, 0) is 30.2 Å². The van der Waals surface area contributed by atoms with Crippen LogP contribution in [0.5, 0.6) is 0 Å². The third-order valence-electron chi connectivity index (χ3n) is 3.78. The molecule has 0 aliphatic carbocycles. The van der Waals surface area contributed by atoms with Crippen LogP contribution in [0.25, 0.3) is 0 Å². The predicted molar refractivity (Wildman–Crippen MR) is 80.1 cm³/mol. The van der Waals surface area contributed by atoms with Crippen molar-refractivity contribution in [1.82, 2.24) is 4.90 Å². The number of thiophene rings is 1. The minimum absolute atomic E-state index is 0.0958. The van der Waals surface area contributed by atoms with Crippen LogP contribution in [0.1, 0.15) is 37.6 Å². The van der Waals surface area contributed by atoms with E-state index in [1.54, 1.807) is 0 Å². The van der Waals surface area contributed by atoms with Gasteiger partial charge in [-0.25, -0.2) is 4.79 Å². The van der Waals surface area contributed by atoms with Crippen molar-refractivity contribution in [3.05, 3.63) is 22.4 Å². The van der Waals surface area contributed by atoms with E-state index in [-0.39, 0.29) is 12.7 Å². The summed E-state index contributed by atoms with van der Waals surface area (Å²) in [6.07, 6.45) is 1.93. The van der Waals surface area contributed by atoms with Crippen LogP contribution in [-0.2, 0) is 9.53 Å². The number of likely N-dealkylation sites (tertiary alicyclic amines) is 1. The summed E-state index contributed by atoms with van der Waals surface area (Å²) in [6, 6.07) is 4.79. The average Bonchev–Trinajstić information content (AvgIpc) is 2.91. The van der Waals surface area contributed by atoms with Crippen LogP contribution in [0, 0.1) is 5.92 Å². The number of hydrogen-bond donors (Lipinski definition) is 1. The molecule has 20 heavy (non-hydrogen) atoms. The molecule has 5 heteroatoms. The van der Waals surface area contributed by atoms with Gasteiger partial charge in [0.1, 0.15) is 6.61 Å². The molecule has 1 saturated heterocycles. The maximum Gasteiger partial charge on any atom is 0.329 e. The number of aliphatic carboxylic acids is 1. The van der Waals surface area contributed by atoms with E-state index >= 15 is 0 Å². The molecule has 1 unspecified atom stereocenters. The van der Waals surface area contributed by atoms with Crippen LogP contribution < -0.4 is 0 Å². The molecule has 2 rings (SSSR count). The maximum absolute atomic E-state index is 10.5. The maximum atomic E-state index is 10.5. The summed E-state index contributed by atoms with van der Waals surface area (Å²) in [7, 11) is 0. The van der Waals surface area contributed by atoms with E-state index in [0.29, 0.717) is 12.0 Å². The van der Waals surface area contributed by atoms with Gasteiger partial charge in [-0.1, -0.05) is 19.9 Å². The van der Waals surface area contributed by atoms with Crippen molar-refractivity contribution in [2.75, 3.05) is 19.7 Å². The minimum atomic E-state index is -0.883. The monoisotopic (exact) mass is 297 g/mol. The Kier molecular flexibility index (Phi) is 5.57. The van der Waals surface area contributed by atoms with Gasteiger partial charge in [-0.3, -0.25) is 4.90 Å². The lowest BCUT2D eigenvalue weighted by molar-refractivity contribution is -0.145. The first-order valence-electron chi connectivity index (χ1n) is 7.18. The number of hydrogen-bond acceptors (Lipinski definition) is 4. The molecule has 1 aliphatic heterocycles. The number of carbonyl (C=O) groups is 1. The van der Waals surface area contributed by atoms with Crippen molar-refractivity contribution < 1.29 is 14.6 Å². The second-order valence-corrected chi connectivity index (χ2v) is 6.62. The highest BCUT2D eigenvalue weighted by atomic mass is 32.1. The second kappa shape index (κ2) is 7.20. The molecular formula is C15H23NO3S. The fourth-order valence-electron chi connectivity index (χ4n) is 2.90. The topological polar surface area (TPSA) is 49.8 Å². The van der Waals surface area contributed by atoms with Crippen molar-refractivity contribution >= 4 is 17.3 Å². The summed E-state index contributed by atoms with van der Waals surface area (Å²) in [5.41, 5.74) is 0. The molecule has 0 radical (unpaired) electrons. The Morgan fingerprint density at radius 3 is 2.70 bits per heavy atom. The van der Waals surface area contributed by atoms with Crippen LogP contribution in [0.4, 0.5) is 0 Å². The normalized spacial score (nSPS) is 19.4. The lowest BCUT2D eigenvalue weighted by Gasteiger charge is -2.38. The zero-order valence-corrected chi connectivity index (χ0v) is 12.9. The highest BCUT2D eigenvalue weighted by molar-refractivity contribution is 7.10. The summed E-state index contributed by atoms with van der Waals surface area (Å²) in [6.45, 7) is 6.30. The van der Waals surface area contributed by atoms with E-state index in [4.69, 9.17) is 9.84 Å². The minimum Gasteiger partial charge on any atom is -0.480 e. The molecule has 1 aromatic heterocycles.